The number of para-hydroxylation sites is 1. The van der Waals surface area contributed by atoms with Crippen molar-refractivity contribution in [3.8, 4) is 5.75 Å². The molecule has 0 bridgehead atoms. The maximum Gasteiger partial charge on any atom is 0.126 e. The summed E-state index contributed by atoms with van der Waals surface area (Å²) in [6, 6.07) is 39.4. The van der Waals surface area contributed by atoms with Crippen LogP contribution in [0.15, 0.2) is 109 Å². The highest BCUT2D eigenvalue weighted by Gasteiger charge is 2.22. The Labute approximate surface area is 188 Å². The molecule has 4 rings (SSSR count). The molecule has 0 aliphatic carbocycles. The van der Waals surface area contributed by atoms with Crippen LogP contribution in [0, 0.1) is 6.92 Å². The Balaban J connectivity index is 1.71. The van der Waals surface area contributed by atoms with Crippen molar-refractivity contribution in [1.29, 1.82) is 0 Å². The lowest BCUT2D eigenvalue weighted by Crippen LogP contribution is -2.21. The number of ether oxygens (including phenoxy) is 1. The molecule has 2 atom stereocenters. The van der Waals surface area contributed by atoms with Gasteiger partial charge in [-0.3, -0.25) is 0 Å². The molecule has 0 saturated carbocycles. The minimum absolute atomic E-state index is 0.423. The Hall–Kier alpha value is -2.46. The van der Waals surface area contributed by atoms with Crippen molar-refractivity contribution in [3.63, 3.8) is 0 Å². The Kier molecular flexibility index (Phi) is 7.52. The average Bonchev–Trinajstić information content (AvgIpc) is 2.84. The van der Waals surface area contributed by atoms with Crippen LogP contribution in [-0.2, 0) is 0 Å². The van der Waals surface area contributed by atoms with Gasteiger partial charge in [-0.15, -0.1) is 0 Å². The van der Waals surface area contributed by atoms with Crippen LogP contribution in [0.5, 0.6) is 5.75 Å². The fourth-order valence-electron chi connectivity index (χ4n) is 3.91. The SMILES string of the molecule is COc1ccccc1[P@@](CC[P@@](c1ccccc1)c1ccccc1C)c1ccccc1. The molecule has 1 nitrogen and oxygen atoms in total. The van der Waals surface area contributed by atoms with Gasteiger partial charge in [0, 0.05) is 5.30 Å². The average molecular weight is 442 g/mol. The van der Waals surface area contributed by atoms with Gasteiger partial charge in [0.2, 0.25) is 0 Å². The maximum atomic E-state index is 5.76. The summed E-state index contributed by atoms with van der Waals surface area (Å²) in [5.41, 5.74) is 1.39. The number of benzene rings is 4. The third-order valence-electron chi connectivity index (χ3n) is 5.47. The zero-order chi connectivity index (χ0) is 21.5. The first-order chi connectivity index (χ1) is 15.3. The molecular formula is C28H28OP2. The summed E-state index contributed by atoms with van der Waals surface area (Å²) in [6.07, 6.45) is 2.29. The second-order valence-electron chi connectivity index (χ2n) is 7.43. The first-order valence-corrected chi connectivity index (χ1v) is 13.7. The molecule has 0 aliphatic heterocycles. The normalized spacial score (nSPS) is 12.8. The molecule has 156 valence electrons. The van der Waals surface area contributed by atoms with Crippen LogP contribution in [0.2, 0.25) is 0 Å². The van der Waals surface area contributed by atoms with E-state index in [2.05, 4.69) is 116 Å². The van der Waals surface area contributed by atoms with Crippen LogP contribution < -0.4 is 26.0 Å². The van der Waals surface area contributed by atoms with E-state index in [0.29, 0.717) is 0 Å². The lowest BCUT2D eigenvalue weighted by atomic mass is 10.2. The maximum absolute atomic E-state index is 5.76. The zero-order valence-electron chi connectivity index (χ0n) is 18.1. The monoisotopic (exact) mass is 442 g/mol. The smallest absolute Gasteiger partial charge is 0.126 e. The first kappa shape index (κ1) is 21.8. The molecule has 0 spiro atoms. The van der Waals surface area contributed by atoms with Gasteiger partial charge >= 0.3 is 0 Å². The molecule has 31 heavy (non-hydrogen) atoms. The van der Waals surface area contributed by atoms with Crippen molar-refractivity contribution >= 4 is 37.1 Å². The molecule has 0 aromatic heterocycles. The van der Waals surface area contributed by atoms with Crippen molar-refractivity contribution in [2.24, 2.45) is 0 Å². The predicted octanol–water partition coefficient (Wildman–Crippen LogP) is 5.57. The van der Waals surface area contributed by atoms with Crippen LogP contribution in [0.1, 0.15) is 5.56 Å². The second kappa shape index (κ2) is 10.7. The molecule has 4 aromatic rings. The molecule has 4 aromatic carbocycles. The molecule has 0 saturated heterocycles. The number of hydrogen-bond donors (Lipinski definition) is 0. The number of rotatable bonds is 8. The van der Waals surface area contributed by atoms with Gasteiger partial charge in [0.25, 0.3) is 0 Å². The molecule has 0 amide bonds. The van der Waals surface area contributed by atoms with Gasteiger partial charge in [-0.25, -0.2) is 0 Å². The van der Waals surface area contributed by atoms with E-state index in [0.717, 1.165) is 18.1 Å². The lowest BCUT2D eigenvalue weighted by molar-refractivity contribution is 0.418. The third-order valence-corrected chi connectivity index (χ3v) is 11.0. The zero-order valence-corrected chi connectivity index (χ0v) is 19.9. The van der Waals surface area contributed by atoms with Gasteiger partial charge < -0.3 is 4.74 Å². The lowest BCUT2D eigenvalue weighted by Gasteiger charge is -2.25. The van der Waals surface area contributed by atoms with Gasteiger partial charge in [-0.1, -0.05) is 103 Å². The van der Waals surface area contributed by atoms with E-state index in [1.165, 1.54) is 26.8 Å². The van der Waals surface area contributed by atoms with Crippen molar-refractivity contribution in [1.82, 2.24) is 0 Å². The largest absolute Gasteiger partial charge is 0.496 e. The number of aryl methyl sites for hydroxylation is 1. The minimum Gasteiger partial charge on any atom is -0.496 e. The van der Waals surface area contributed by atoms with Crippen molar-refractivity contribution < 1.29 is 4.74 Å². The first-order valence-electron chi connectivity index (χ1n) is 10.6. The van der Waals surface area contributed by atoms with E-state index in [1.54, 1.807) is 7.11 Å². The summed E-state index contributed by atoms with van der Waals surface area (Å²) in [5, 5.41) is 5.69. The third kappa shape index (κ3) is 5.24. The summed E-state index contributed by atoms with van der Waals surface area (Å²) >= 11 is 0. The van der Waals surface area contributed by atoms with Crippen LogP contribution in [0.3, 0.4) is 0 Å². The molecule has 0 N–H and O–H groups in total. The van der Waals surface area contributed by atoms with Gasteiger partial charge in [-0.05, 0) is 62.6 Å². The molecule has 0 unspecified atom stereocenters. The van der Waals surface area contributed by atoms with Crippen molar-refractivity contribution in [2.45, 2.75) is 6.92 Å². The van der Waals surface area contributed by atoms with E-state index in [4.69, 9.17) is 4.74 Å². The summed E-state index contributed by atoms with van der Waals surface area (Å²) in [5.74, 6) is 0.998. The van der Waals surface area contributed by atoms with Crippen LogP contribution in [0.4, 0.5) is 0 Å². The molecule has 3 heteroatoms. The highest BCUT2D eigenvalue weighted by Crippen LogP contribution is 2.43. The molecule has 0 radical (unpaired) electrons. The van der Waals surface area contributed by atoms with E-state index < -0.39 is 15.8 Å². The quantitative estimate of drug-likeness (QED) is 0.324. The Morgan fingerprint density at radius 1 is 0.548 bits per heavy atom. The number of methoxy groups -OCH3 is 1. The summed E-state index contributed by atoms with van der Waals surface area (Å²) in [6.45, 7) is 2.24. The van der Waals surface area contributed by atoms with E-state index >= 15 is 0 Å². The molecule has 0 fully saturated rings. The minimum atomic E-state index is -0.509. The van der Waals surface area contributed by atoms with Crippen LogP contribution in [-0.4, -0.2) is 19.4 Å². The molecule has 0 heterocycles. The van der Waals surface area contributed by atoms with Crippen molar-refractivity contribution in [2.75, 3.05) is 19.4 Å². The van der Waals surface area contributed by atoms with Gasteiger partial charge in [0.15, 0.2) is 0 Å². The molecule has 0 aliphatic rings. The van der Waals surface area contributed by atoms with Crippen LogP contribution in [0.25, 0.3) is 0 Å². The topological polar surface area (TPSA) is 9.23 Å². The fraction of sp³-hybridized carbons (Fsp3) is 0.143. The Morgan fingerprint density at radius 2 is 1.00 bits per heavy atom. The highest BCUT2D eigenvalue weighted by atomic mass is 31.1. The van der Waals surface area contributed by atoms with Gasteiger partial charge in [0.1, 0.15) is 5.75 Å². The Bertz CT molecular complexity index is 1100. The molecular weight excluding hydrogens is 414 g/mol. The predicted molar refractivity (Wildman–Crippen MR) is 139 cm³/mol. The fourth-order valence-corrected chi connectivity index (χ4v) is 9.59. The highest BCUT2D eigenvalue weighted by molar-refractivity contribution is 7.76. The summed E-state index contributed by atoms with van der Waals surface area (Å²) in [4.78, 5) is 0. The second-order valence-corrected chi connectivity index (χ2v) is 12.0. The van der Waals surface area contributed by atoms with Crippen LogP contribution >= 0.6 is 15.8 Å². The summed E-state index contributed by atoms with van der Waals surface area (Å²) < 4.78 is 5.76. The van der Waals surface area contributed by atoms with Gasteiger partial charge in [0.05, 0.1) is 7.11 Å². The standard InChI is InChI=1S/C28H28OP2/c1-23-13-9-11-19-27(23)30(24-14-5-3-6-15-24)21-22-31(25-16-7-4-8-17-25)28-20-12-10-18-26(28)29-2/h3-20H,21-22H2,1-2H3/t30-,31-/m0/s1. The van der Waals surface area contributed by atoms with Crippen molar-refractivity contribution in [3.05, 3.63) is 115 Å². The number of hydrogen-bond acceptors (Lipinski definition) is 1. The van der Waals surface area contributed by atoms with E-state index in [1.807, 2.05) is 0 Å². The van der Waals surface area contributed by atoms with E-state index in [-0.39, 0.29) is 0 Å². The van der Waals surface area contributed by atoms with Gasteiger partial charge in [-0.2, -0.15) is 0 Å². The summed E-state index contributed by atoms with van der Waals surface area (Å²) in [7, 11) is 0.847. The Morgan fingerprint density at radius 3 is 1.55 bits per heavy atom. The van der Waals surface area contributed by atoms with E-state index in [9.17, 15) is 0 Å².